The molecule has 1 aromatic carbocycles. The Kier molecular flexibility index (Phi) is 3.41. The molecule has 0 aromatic heterocycles. The second-order valence-electron chi connectivity index (χ2n) is 3.19. The predicted octanol–water partition coefficient (Wildman–Crippen LogP) is 1.96. The lowest BCUT2D eigenvalue weighted by Gasteiger charge is -2.13. The molecule has 3 nitrogen and oxygen atoms in total. The van der Waals surface area contributed by atoms with Crippen molar-refractivity contribution in [3.63, 3.8) is 0 Å². The third-order valence-corrected chi connectivity index (χ3v) is 1.87. The third kappa shape index (κ3) is 3.15. The number of hydrogen-bond acceptors (Lipinski definition) is 2. The lowest BCUT2D eigenvalue weighted by molar-refractivity contribution is -0.137. The van der Waals surface area contributed by atoms with E-state index in [1.54, 1.807) is 0 Å². The van der Waals surface area contributed by atoms with Crippen LogP contribution in [0.5, 0.6) is 5.75 Å². The highest BCUT2D eigenvalue weighted by molar-refractivity contribution is 5.78. The zero-order valence-corrected chi connectivity index (χ0v) is 8.41. The Hall–Kier alpha value is -1.72. The average Bonchev–Trinajstić information content (AvgIpc) is 2.16. The Balaban J connectivity index is 2.87. The van der Waals surface area contributed by atoms with Gasteiger partial charge in [-0.05, 0) is 25.1 Å². The molecule has 1 atom stereocenters. The first-order valence-corrected chi connectivity index (χ1v) is 4.44. The molecule has 0 fully saturated rings. The van der Waals surface area contributed by atoms with Crippen LogP contribution in [0.3, 0.4) is 0 Å². The van der Waals surface area contributed by atoms with Gasteiger partial charge in [-0.2, -0.15) is 13.2 Å². The fraction of sp³-hybridized carbons (Fsp3) is 0.300. The van der Waals surface area contributed by atoms with Crippen LogP contribution in [0.2, 0.25) is 0 Å². The summed E-state index contributed by atoms with van der Waals surface area (Å²) in [5.41, 5.74) is 4.09. The molecule has 0 unspecified atom stereocenters. The Labute approximate surface area is 90.0 Å². The first-order chi connectivity index (χ1) is 7.30. The van der Waals surface area contributed by atoms with Gasteiger partial charge in [0.2, 0.25) is 0 Å². The number of rotatable bonds is 3. The SMILES string of the molecule is C[C@@H](Oc1cccc(C(F)(F)F)c1)C(N)=O. The lowest BCUT2D eigenvalue weighted by atomic mass is 10.2. The Morgan fingerprint density at radius 2 is 2.06 bits per heavy atom. The van der Waals surface area contributed by atoms with E-state index in [2.05, 4.69) is 0 Å². The molecule has 0 aliphatic carbocycles. The van der Waals surface area contributed by atoms with Crippen LogP contribution in [0, 0.1) is 0 Å². The average molecular weight is 233 g/mol. The standard InChI is InChI=1S/C10H10F3NO2/c1-6(9(14)15)16-8-4-2-3-7(5-8)10(11,12)13/h2-6H,1H3,(H2,14,15)/t6-/m1/s1. The molecule has 1 rings (SSSR count). The molecule has 0 bridgehead atoms. The van der Waals surface area contributed by atoms with Crippen molar-refractivity contribution >= 4 is 5.91 Å². The summed E-state index contributed by atoms with van der Waals surface area (Å²) in [4.78, 5) is 10.7. The zero-order chi connectivity index (χ0) is 12.3. The highest BCUT2D eigenvalue weighted by Crippen LogP contribution is 2.31. The zero-order valence-electron chi connectivity index (χ0n) is 8.41. The minimum absolute atomic E-state index is 0.0406. The molecule has 0 saturated carbocycles. The van der Waals surface area contributed by atoms with Gasteiger partial charge in [0.25, 0.3) is 5.91 Å². The largest absolute Gasteiger partial charge is 0.481 e. The van der Waals surface area contributed by atoms with Crippen molar-refractivity contribution in [1.82, 2.24) is 0 Å². The Morgan fingerprint density at radius 3 is 2.56 bits per heavy atom. The minimum atomic E-state index is -4.44. The van der Waals surface area contributed by atoms with Gasteiger partial charge in [0.15, 0.2) is 6.10 Å². The van der Waals surface area contributed by atoms with Gasteiger partial charge in [-0.3, -0.25) is 4.79 Å². The molecule has 0 aliphatic heterocycles. The van der Waals surface area contributed by atoms with E-state index in [0.717, 1.165) is 12.1 Å². The van der Waals surface area contributed by atoms with Gasteiger partial charge in [-0.1, -0.05) is 6.07 Å². The molecule has 6 heteroatoms. The number of hydrogen-bond donors (Lipinski definition) is 1. The number of amides is 1. The molecule has 88 valence electrons. The van der Waals surface area contributed by atoms with Crippen molar-refractivity contribution in [2.45, 2.75) is 19.2 Å². The summed E-state index contributed by atoms with van der Waals surface area (Å²) in [6, 6.07) is 4.27. The van der Waals surface area contributed by atoms with Gasteiger partial charge >= 0.3 is 6.18 Å². The van der Waals surface area contributed by atoms with Gasteiger partial charge < -0.3 is 10.5 Å². The number of carbonyl (C=O) groups is 1. The number of halogens is 3. The summed E-state index contributed by atoms with van der Waals surface area (Å²) < 4.78 is 41.9. The van der Waals surface area contributed by atoms with E-state index in [-0.39, 0.29) is 5.75 Å². The second kappa shape index (κ2) is 4.42. The van der Waals surface area contributed by atoms with Gasteiger partial charge in [-0.15, -0.1) is 0 Å². The first-order valence-electron chi connectivity index (χ1n) is 4.44. The Bertz CT molecular complexity index is 390. The molecule has 0 saturated heterocycles. The van der Waals surface area contributed by atoms with Gasteiger partial charge in [-0.25, -0.2) is 0 Å². The van der Waals surface area contributed by atoms with Crippen LogP contribution in [0.4, 0.5) is 13.2 Å². The van der Waals surface area contributed by atoms with Gasteiger partial charge in [0.05, 0.1) is 5.56 Å². The summed E-state index contributed by atoms with van der Waals surface area (Å²) in [5.74, 6) is -0.779. The maximum atomic E-state index is 12.3. The molecular formula is C10H10F3NO2. The van der Waals surface area contributed by atoms with Crippen molar-refractivity contribution in [3.8, 4) is 5.75 Å². The van der Waals surface area contributed by atoms with E-state index in [4.69, 9.17) is 10.5 Å². The molecule has 1 aromatic rings. The minimum Gasteiger partial charge on any atom is -0.481 e. The van der Waals surface area contributed by atoms with Gasteiger partial charge in [0.1, 0.15) is 5.75 Å². The molecule has 16 heavy (non-hydrogen) atoms. The monoisotopic (exact) mass is 233 g/mol. The smallest absolute Gasteiger partial charge is 0.416 e. The molecule has 0 heterocycles. The van der Waals surface area contributed by atoms with Crippen LogP contribution >= 0.6 is 0 Å². The maximum Gasteiger partial charge on any atom is 0.416 e. The quantitative estimate of drug-likeness (QED) is 0.867. The fourth-order valence-corrected chi connectivity index (χ4v) is 1.01. The summed E-state index contributed by atoms with van der Waals surface area (Å²) in [6.07, 6.45) is -5.40. The van der Waals surface area contributed by atoms with E-state index in [1.165, 1.54) is 19.1 Å². The van der Waals surface area contributed by atoms with E-state index < -0.39 is 23.8 Å². The van der Waals surface area contributed by atoms with Crippen molar-refractivity contribution in [2.75, 3.05) is 0 Å². The van der Waals surface area contributed by atoms with Crippen molar-refractivity contribution < 1.29 is 22.7 Å². The van der Waals surface area contributed by atoms with E-state index in [0.29, 0.717) is 0 Å². The lowest BCUT2D eigenvalue weighted by Crippen LogP contribution is -2.30. The first kappa shape index (κ1) is 12.4. The van der Waals surface area contributed by atoms with Crippen LogP contribution in [0.25, 0.3) is 0 Å². The van der Waals surface area contributed by atoms with Crippen LogP contribution < -0.4 is 10.5 Å². The second-order valence-corrected chi connectivity index (χ2v) is 3.19. The summed E-state index contributed by atoms with van der Waals surface area (Å²) in [7, 11) is 0. The van der Waals surface area contributed by atoms with Gasteiger partial charge in [0, 0.05) is 0 Å². The fourth-order valence-electron chi connectivity index (χ4n) is 1.01. The van der Waals surface area contributed by atoms with Crippen molar-refractivity contribution in [3.05, 3.63) is 29.8 Å². The Morgan fingerprint density at radius 1 is 1.44 bits per heavy atom. The van der Waals surface area contributed by atoms with E-state index in [1.807, 2.05) is 0 Å². The van der Waals surface area contributed by atoms with E-state index in [9.17, 15) is 18.0 Å². The predicted molar refractivity (Wildman–Crippen MR) is 50.7 cm³/mol. The molecule has 1 amide bonds. The van der Waals surface area contributed by atoms with Crippen LogP contribution in [-0.2, 0) is 11.0 Å². The third-order valence-electron chi connectivity index (χ3n) is 1.87. The van der Waals surface area contributed by atoms with Crippen molar-refractivity contribution in [1.29, 1.82) is 0 Å². The molecule has 2 N–H and O–H groups in total. The van der Waals surface area contributed by atoms with Crippen LogP contribution in [0.15, 0.2) is 24.3 Å². The molecular weight excluding hydrogens is 223 g/mol. The number of alkyl halides is 3. The molecule has 0 spiro atoms. The number of benzene rings is 1. The number of primary amides is 1. The topological polar surface area (TPSA) is 52.3 Å². The summed E-state index contributed by atoms with van der Waals surface area (Å²) in [5, 5.41) is 0. The maximum absolute atomic E-state index is 12.3. The number of carbonyl (C=O) groups excluding carboxylic acids is 1. The molecule has 0 aliphatic rings. The summed E-state index contributed by atoms with van der Waals surface area (Å²) >= 11 is 0. The highest BCUT2D eigenvalue weighted by atomic mass is 19.4. The number of nitrogens with two attached hydrogens (primary N) is 1. The summed E-state index contributed by atoms with van der Waals surface area (Å²) in [6.45, 7) is 1.36. The van der Waals surface area contributed by atoms with E-state index >= 15 is 0 Å². The number of ether oxygens (including phenoxy) is 1. The normalized spacial score (nSPS) is 13.2. The van der Waals surface area contributed by atoms with Crippen LogP contribution in [0.1, 0.15) is 12.5 Å². The highest BCUT2D eigenvalue weighted by Gasteiger charge is 2.30. The van der Waals surface area contributed by atoms with Crippen LogP contribution in [-0.4, -0.2) is 12.0 Å². The van der Waals surface area contributed by atoms with Crippen molar-refractivity contribution in [2.24, 2.45) is 5.73 Å². The molecule has 0 radical (unpaired) electrons.